The number of aryl methyl sites for hydroxylation is 1. The van der Waals surface area contributed by atoms with Crippen molar-refractivity contribution in [1.29, 1.82) is 0 Å². The van der Waals surface area contributed by atoms with Crippen LogP contribution in [0.5, 0.6) is 0 Å². The van der Waals surface area contributed by atoms with Crippen LogP contribution in [0.4, 0.5) is 5.69 Å². The van der Waals surface area contributed by atoms with E-state index in [4.69, 9.17) is 34.8 Å². The second-order valence-corrected chi connectivity index (χ2v) is 8.48. The second kappa shape index (κ2) is 10.2. The highest BCUT2D eigenvalue weighted by Gasteiger charge is 2.17. The van der Waals surface area contributed by atoms with Gasteiger partial charge in [-0.25, -0.2) is 0 Å². The van der Waals surface area contributed by atoms with E-state index in [0.29, 0.717) is 32.7 Å². The number of anilines is 1. The zero-order valence-corrected chi connectivity index (χ0v) is 19.3. The highest BCUT2D eigenvalue weighted by molar-refractivity contribution is 6.40. The van der Waals surface area contributed by atoms with Gasteiger partial charge >= 0.3 is 0 Å². The molecular weight excluding hydrogens is 455 g/mol. The van der Waals surface area contributed by atoms with E-state index in [-0.39, 0.29) is 23.4 Å². The van der Waals surface area contributed by atoms with Crippen LogP contribution >= 0.6 is 34.8 Å². The maximum atomic E-state index is 12.6. The van der Waals surface area contributed by atoms with Crippen LogP contribution in [0.15, 0.2) is 60.7 Å². The molecule has 1 unspecified atom stereocenters. The van der Waals surface area contributed by atoms with Gasteiger partial charge in [0.1, 0.15) is 0 Å². The molecule has 1 atom stereocenters. The van der Waals surface area contributed by atoms with Gasteiger partial charge < -0.3 is 10.6 Å². The number of benzene rings is 3. The minimum Gasteiger partial charge on any atom is -0.349 e. The van der Waals surface area contributed by atoms with Crippen molar-refractivity contribution in [3.05, 3.63) is 98.0 Å². The number of rotatable bonds is 6. The predicted molar refractivity (Wildman–Crippen MR) is 128 cm³/mol. The number of carbonyl (C=O) groups excluding carboxylic acids is 2. The minimum atomic E-state index is -0.376. The normalized spacial score (nSPS) is 11.6. The number of nitrogens with one attached hydrogen (secondary N) is 2. The first-order valence-corrected chi connectivity index (χ1v) is 10.8. The quantitative estimate of drug-likeness (QED) is 0.424. The van der Waals surface area contributed by atoms with Gasteiger partial charge in [0.2, 0.25) is 0 Å². The highest BCUT2D eigenvalue weighted by Crippen LogP contribution is 2.25. The maximum absolute atomic E-state index is 12.6. The van der Waals surface area contributed by atoms with Crippen molar-refractivity contribution in [2.24, 2.45) is 0 Å². The molecule has 0 aliphatic rings. The summed E-state index contributed by atoms with van der Waals surface area (Å²) in [6.45, 7) is 3.79. The molecule has 7 heteroatoms. The Bertz CT molecular complexity index is 1070. The van der Waals surface area contributed by atoms with Crippen molar-refractivity contribution in [3.63, 3.8) is 0 Å². The first-order valence-electron chi connectivity index (χ1n) is 9.66. The van der Waals surface area contributed by atoms with Crippen molar-refractivity contribution in [1.82, 2.24) is 5.32 Å². The van der Waals surface area contributed by atoms with E-state index in [9.17, 15) is 9.59 Å². The van der Waals surface area contributed by atoms with Crippen molar-refractivity contribution in [2.75, 3.05) is 5.32 Å². The zero-order chi connectivity index (χ0) is 22.5. The summed E-state index contributed by atoms with van der Waals surface area (Å²) < 4.78 is 0. The van der Waals surface area contributed by atoms with Crippen molar-refractivity contribution in [2.45, 2.75) is 26.3 Å². The molecule has 31 heavy (non-hydrogen) atoms. The fourth-order valence-corrected chi connectivity index (χ4v) is 4.13. The van der Waals surface area contributed by atoms with E-state index in [0.717, 1.165) is 11.1 Å². The molecule has 0 saturated heterocycles. The lowest BCUT2D eigenvalue weighted by atomic mass is 10.0. The molecule has 0 bridgehead atoms. The first-order chi connectivity index (χ1) is 14.8. The Hall–Kier alpha value is -2.53. The molecule has 0 radical (unpaired) electrons. The van der Waals surface area contributed by atoms with Crippen LogP contribution in [0.3, 0.4) is 0 Å². The lowest BCUT2D eigenvalue weighted by molar-refractivity contribution is 0.0938. The third-order valence-electron chi connectivity index (χ3n) is 4.77. The summed E-state index contributed by atoms with van der Waals surface area (Å²) in [5, 5.41) is 6.80. The lowest BCUT2D eigenvalue weighted by Gasteiger charge is -2.16. The average molecular weight is 476 g/mol. The number of carbonyl (C=O) groups is 2. The molecule has 0 saturated carbocycles. The summed E-state index contributed by atoms with van der Waals surface area (Å²) in [4.78, 5) is 25.1. The smallest absolute Gasteiger partial charge is 0.258 e. The molecule has 2 amide bonds. The van der Waals surface area contributed by atoms with Crippen LogP contribution in [0.1, 0.15) is 38.8 Å². The summed E-state index contributed by atoms with van der Waals surface area (Å²) in [7, 11) is 0. The molecule has 3 aromatic carbocycles. The monoisotopic (exact) mass is 474 g/mol. The van der Waals surface area contributed by atoms with Crippen LogP contribution in [0.2, 0.25) is 15.1 Å². The van der Waals surface area contributed by atoms with Crippen LogP contribution in [0.25, 0.3) is 0 Å². The highest BCUT2D eigenvalue weighted by atomic mass is 35.5. The van der Waals surface area contributed by atoms with E-state index in [1.54, 1.807) is 36.4 Å². The average Bonchev–Trinajstić information content (AvgIpc) is 2.69. The molecule has 160 valence electrons. The molecular formula is C24H21Cl3N2O2. The molecule has 3 aromatic rings. The molecule has 0 fully saturated rings. The molecule has 4 nitrogen and oxygen atoms in total. The fraction of sp³-hybridized carbons (Fsp3) is 0.167. The summed E-state index contributed by atoms with van der Waals surface area (Å²) >= 11 is 18.4. The van der Waals surface area contributed by atoms with E-state index in [2.05, 4.69) is 10.6 Å². The first kappa shape index (κ1) is 23.1. The Labute approximate surface area is 196 Å². The Morgan fingerprint density at radius 2 is 1.35 bits per heavy atom. The topological polar surface area (TPSA) is 58.2 Å². The molecule has 0 heterocycles. The summed E-state index contributed by atoms with van der Waals surface area (Å²) in [6, 6.07) is 17.6. The second-order valence-electron chi connectivity index (χ2n) is 7.26. The van der Waals surface area contributed by atoms with Crippen LogP contribution < -0.4 is 10.6 Å². The van der Waals surface area contributed by atoms with Gasteiger partial charge in [-0.15, -0.1) is 0 Å². The molecule has 0 spiro atoms. The molecule has 3 rings (SSSR count). The Balaban J connectivity index is 1.61. The fourth-order valence-electron chi connectivity index (χ4n) is 3.25. The van der Waals surface area contributed by atoms with Gasteiger partial charge in [0, 0.05) is 11.7 Å². The third-order valence-corrected chi connectivity index (χ3v) is 5.71. The third kappa shape index (κ3) is 5.79. The van der Waals surface area contributed by atoms with Gasteiger partial charge in [-0.1, -0.05) is 65.1 Å². The van der Waals surface area contributed by atoms with Crippen LogP contribution in [-0.2, 0) is 6.42 Å². The summed E-state index contributed by atoms with van der Waals surface area (Å²) in [5.74, 6) is -0.574. The number of amides is 2. The van der Waals surface area contributed by atoms with Gasteiger partial charge in [-0.05, 0) is 61.7 Å². The van der Waals surface area contributed by atoms with E-state index in [1.807, 2.05) is 38.1 Å². The summed E-state index contributed by atoms with van der Waals surface area (Å²) in [6.07, 6.45) is 0.625. The van der Waals surface area contributed by atoms with Crippen LogP contribution in [0, 0.1) is 6.92 Å². The molecule has 0 aliphatic carbocycles. The Morgan fingerprint density at radius 1 is 0.806 bits per heavy atom. The van der Waals surface area contributed by atoms with Crippen molar-refractivity contribution < 1.29 is 9.59 Å². The lowest BCUT2D eigenvalue weighted by Crippen LogP contribution is -2.34. The van der Waals surface area contributed by atoms with Crippen molar-refractivity contribution in [3.8, 4) is 0 Å². The standard InChI is InChI=1S/C24H21Cl3N2O2/c1-14-5-3-6-18(25)21(14)23(30)28-15(2)13-16-9-11-17(12-10-16)29-24(31)22-19(26)7-4-8-20(22)27/h3-12,15H,13H2,1-2H3,(H,28,30)(H,29,31). The van der Waals surface area contributed by atoms with Gasteiger partial charge in [0.05, 0.1) is 26.2 Å². The Kier molecular flexibility index (Phi) is 7.60. The largest absolute Gasteiger partial charge is 0.349 e. The van der Waals surface area contributed by atoms with Gasteiger partial charge in [-0.2, -0.15) is 0 Å². The van der Waals surface area contributed by atoms with E-state index >= 15 is 0 Å². The number of hydrogen-bond acceptors (Lipinski definition) is 2. The van der Waals surface area contributed by atoms with Crippen molar-refractivity contribution >= 4 is 52.3 Å². The van der Waals surface area contributed by atoms with E-state index < -0.39 is 0 Å². The number of halogens is 3. The maximum Gasteiger partial charge on any atom is 0.258 e. The van der Waals surface area contributed by atoms with E-state index in [1.165, 1.54) is 0 Å². The molecule has 2 N–H and O–H groups in total. The predicted octanol–water partition coefficient (Wildman–Crippen LogP) is 6.57. The minimum absolute atomic E-state index is 0.106. The molecule has 0 aliphatic heterocycles. The Morgan fingerprint density at radius 3 is 1.94 bits per heavy atom. The van der Waals surface area contributed by atoms with Gasteiger partial charge in [0.15, 0.2) is 0 Å². The van der Waals surface area contributed by atoms with Crippen LogP contribution in [-0.4, -0.2) is 17.9 Å². The SMILES string of the molecule is Cc1cccc(Cl)c1C(=O)NC(C)Cc1ccc(NC(=O)c2c(Cl)cccc2Cl)cc1. The van der Waals surface area contributed by atoms with Gasteiger partial charge in [0.25, 0.3) is 11.8 Å². The molecule has 0 aromatic heterocycles. The zero-order valence-electron chi connectivity index (χ0n) is 17.0. The number of hydrogen-bond donors (Lipinski definition) is 2. The summed E-state index contributed by atoms with van der Waals surface area (Å²) in [5.41, 5.74) is 3.19. The van der Waals surface area contributed by atoms with Gasteiger partial charge in [-0.3, -0.25) is 9.59 Å².